The van der Waals surface area contributed by atoms with E-state index in [2.05, 4.69) is 174 Å². The molecule has 268 valence electrons. The fourth-order valence-corrected chi connectivity index (χ4v) is 8.47. The Hall–Kier alpha value is -7.63. The fraction of sp³-hybridized carbons (Fsp3) is 0.0192. The molecule has 57 heavy (non-hydrogen) atoms. The number of fused-ring (bicyclic) bond motifs is 6. The molecule has 0 N–H and O–H groups in total. The molecule has 0 amide bonds. The second-order valence-corrected chi connectivity index (χ2v) is 14.5. The molecule has 5 nitrogen and oxygen atoms in total. The van der Waals surface area contributed by atoms with Gasteiger partial charge in [0.15, 0.2) is 17.5 Å². The average Bonchev–Trinajstić information content (AvgIpc) is 3.79. The van der Waals surface area contributed by atoms with Crippen LogP contribution in [0, 0.1) is 6.92 Å². The van der Waals surface area contributed by atoms with Gasteiger partial charge in [0.05, 0.1) is 27.8 Å². The van der Waals surface area contributed by atoms with Crippen LogP contribution in [-0.2, 0) is 0 Å². The summed E-state index contributed by atoms with van der Waals surface area (Å²) in [5, 5.41) is 4.82. The van der Waals surface area contributed by atoms with E-state index in [1.807, 2.05) is 36.4 Å². The summed E-state index contributed by atoms with van der Waals surface area (Å²) in [7, 11) is 0. The summed E-state index contributed by atoms with van der Waals surface area (Å²) in [6, 6.07) is 68.5. The van der Waals surface area contributed by atoms with Crippen LogP contribution >= 0.6 is 0 Å². The molecule has 3 aromatic heterocycles. The SMILES string of the molecule is Cc1ccc2c(c1)c1ccccc1n2-c1ccc(-c2cccc3c2c2ccccc2n3-c2ccccc2)cc1-c1nc(-c2ccccc2)nc(-c2ccccc2)n1. The molecule has 0 aliphatic rings. The molecule has 0 spiro atoms. The lowest BCUT2D eigenvalue weighted by Gasteiger charge is -2.17. The van der Waals surface area contributed by atoms with E-state index in [-0.39, 0.29) is 0 Å². The van der Waals surface area contributed by atoms with E-state index in [4.69, 9.17) is 15.0 Å². The summed E-state index contributed by atoms with van der Waals surface area (Å²) in [4.78, 5) is 15.6. The maximum atomic E-state index is 5.30. The minimum Gasteiger partial charge on any atom is -0.309 e. The zero-order chi connectivity index (χ0) is 37.9. The van der Waals surface area contributed by atoms with Crippen LogP contribution < -0.4 is 0 Å². The monoisotopic (exact) mass is 729 g/mol. The lowest BCUT2D eigenvalue weighted by atomic mass is 9.96. The maximum absolute atomic E-state index is 5.30. The highest BCUT2D eigenvalue weighted by Gasteiger charge is 2.22. The van der Waals surface area contributed by atoms with Crippen LogP contribution in [0.25, 0.3) is 100 Å². The van der Waals surface area contributed by atoms with Gasteiger partial charge in [-0.3, -0.25) is 0 Å². The van der Waals surface area contributed by atoms with Gasteiger partial charge in [-0.1, -0.05) is 145 Å². The molecular weight excluding hydrogens is 695 g/mol. The minimum atomic E-state index is 0.608. The number of para-hydroxylation sites is 3. The number of aryl methyl sites for hydroxylation is 1. The van der Waals surface area contributed by atoms with Crippen molar-refractivity contribution < 1.29 is 0 Å². The second kappa shape index (κ2) is 13.3. The largest absolute Gasteiger partial charge is 0.309 e. The van der Waals surface area contributed by atoms with Crippen molar-refractivity contribution in [3.05, 3.63) is 200 Å². The molecule has 0 saturated heterocycles. The van der Waals surface area contributed by atoms with Crippen molar-refractivity contribution in [2.45, 2.75) is 6.92 Å². The number of rotatable bonds is 6. The van der Waals surface area contributed by atoms with Crippen LogP contribution in [0.2, 0.25) is 0 Å². The molecule has 0 bridgehead atoms. The van der Waals surface area contributed by atoms with Crippen LogP contribution in [0.3, 0.4) is 0 Å². The summed E-state index contributed by atoms with van der Waals surface area (Å²) < 4.78 is 4.74. The van der Waals surface area contributed by atoms with E-state index in [0.717, 1.165) is 55.7 Å². The Bertz CT molecular complexity index is 3230. The van der Waals surface area contributed by atoms with E-state index < -0.39 is 0 Å². The first-order valence-electron chi connectivity index (χ1n) is 19.3. The molecule has 0 aliphatic carbocycles. The summed E-state index contributed by atoms with van der Waals surface area (Å²) in [6.45, 7) is 2.15. The Balaban J connectivity index is 1.24. The van der Waals surface area contributed by atoms with Crippen molar-refractivity contribution >= 4 is 43.6 Å². The molecule has 0 aliphatic heterocycles. The number of benzene rings is 8. The van der Waals surface area contributed by atoms with Gasteiger partial charge >= 0.3 is 0 Å². The average molecular weight is 730 g/mol. The number of hydrogen-bond acceptors (Lipinski definition) is 3. The number of nitrogens with zero attached hydrogens (tertiary/aromatic N) is 5. The van der Waals surface area contributed by atoms with E-state index in [9.17, 15) is 0 Å². The Morgan fingerprint density at radius 3 is 1.61 bits per heavy atom. The highest BCUT2D eigenvalue weighted by molar-refractivity contribution is 6.16. The maximum Gasteiger partial charge on any atom is 0.166 e. The number of aromatic nitrogens is 5. The minimum absolute atomic E-state index is 0.608. The van der Waals surface area contributed by atoms with Crippen LogP contribution in [0.5, 0.6) is 0 Å². The van der Waals surface area contributed by atoms with Crippen LogP contribution in [0.1, 0.15) is 5.56 Å². The van der Waals surface area contributed by atoms with Gasteiger partial charge in [0, 0.05) is 43.9 Å². The molecule has 0 atom stereocenters. The lowest BCUT2D eigenvalue weighted by molar-refractivity contribution is 1.06. The van der Waals surface area contributed by atoms with Crippen molar-refractivity contribution in [1.82, 2.24) is 24.1 Å². The molecule has 0 unspecified atom stereocenters. The van der Waals surface area contributed by atoms with Gasteiger partial charge in [0.25, 0.3) is 0 Å². The van der Waals surface area contributed by atoms with Crippen LogP contribution in [-0.4, -0.2) is 24.1 Å². The summed E-state index contributed by atoms with van der Waals surface area (Å²) in [5.41, 5.74) is 12.9. The molecule has 0 radical (unpaired) electrons. The normalized spacial score (nSPS) is 11.6. The zero-order valence-electron chi connectivity index (χ0n) is 31.2. The van der Waals surface area contributed by atoms with Crippen molar-refractivity contribution in [3.8, 4) is 56.7 Å². The van der Waals surface area contributed by atoms with Crippen LogP contribution in [0.15, 0.2) is 194 Å². The molecule has 11 rings (SSSR count). The van der Waals surface area contributed by atoms with E-state index in [0.29, 0.717) is 17.5 Å². The Kier molecular flexibility index (Phi) is 7.64. The van der Waals surface area contributed by atoms with Gasteiger partial charge in [-0.2, -0.15) is 0 Å². The van der Waals surface area contributed by atoms with Crippen molar-refractivity contribution in [2.75, 3.05) is 0 Å². The van der Waals surface area contributed by atoms with Gasteiger partial charge in [-0.05, 0) is 72.6 Å². The molecule has 0 saturated carbocycles. The third kappa shape index (κ3) is 5.43. The summed E-state index contributed by atoms with van der Waals surface area (Å²) in [5.74, 6) is 1.86. The number of hydrogen-bond donors (Lipinski definition) is 0. The zero-order valence-corrected chi connectivity index (χ0v) is 31.2. The summed E-state index contributed by atoms with van der Waals surface area (Å²) >= 11 is 0. The molecule has 8 aromatic carbocycles. The molecule has 3 heterocycles. The van der Waals surface area contributed by atoms with Crippen molar-refractivity contribution in [2.24, 2.45) is 0 Å². The molecule has 11 aromatic rings. The Morgan fingerprint density at radius 1 is 0.351 bits per heavy atom. The first-order chi connectivity index (χ1) is 28.2. The predicted octanol–water partition coefficient (Wildman–Crippen LogP) is 13.0. The van der Waals surface area contributed by atoms with E-state index in [1.54, 1.807) is 0 Å². The third-order valence-corrected chi connectivity index (χ3v) is 11.0. The predicted molar refractivity (Wildman–Crippen MR) is 235 cm³/mol. The smallest absolute Gasteiger partial charge is 0.166 e. The van der Waals surface area contributed by atoms with E-state index in [1.165, 1.54) is 32.6 Å². The molecule has 5 heteroatoms. The first kappa shape index (κ1) is 32.8. The lowest BCUT2D eigenvalue weighted by Crippen LogP contribution is -2.04. The van der Waals surface area contributed by atoms with Gasteiger partial charge in [0.1, 0.15) is 0 Å². The Labute approximate surface area is 329 Å². The van der Waals surface area contributed by atoms with Gasteiger partial charge < -0.3 is 9.13 Å². The van der Waals surface area contributed by atoms with Crippen molar-refractivity contribution in [1.29, 1.82) is 0 Å². The standard InChI is InChI=1S/C52H35N5/c1-34-28-30-46-42(32-34)40-22-11-13-25-44(40)57(46)47-31-29-37(39-24-15-27-48-49(39)41-23-12-14-26-45(41)56(48)38-20-9-4-10-21-38)33-43(47)52-54-50(35-16-5-2-6-17-35)53-51(55-52)36-18-7-3-8-19-36/h2-33H,1H3. The first-order valence-corrected chi connectivity index (χ1v) is 19.3. The quantitative estimate of drug-likeness (QED) is 0.171. The van der Waals surface area contributed by atoms with Gasteiger partial charge in [-0.15, -0.1) is 0 Å². The molecular formula is C52H35N5. The van der Waals surface area contributed by atoms with E-state index >= 15 is 0 Å². The highest BCUT2D eigenvalue weighted by Crippen LogP contribution is 2.42. The summed E-state index contributed by atoms with van der Waals surface area (Å²) in [6.07, 6.45) is 0. The molecule has 0 fully saturated rings. The topological polar surface area (TPSA) is 48.5 Å². The second-order valence-electron chi connectivity index (χ2n) is 14.5. The third-order valence-electron chi connectivity index (χ3n) is 11.0. The van der Waals surface area contributed by atoms with Gasteiger partial charge in [-0.25, -0.2) is 15.0 Å². The fourth-order valence-electron chi connectivity index (χ4n) is 8.47. The Morgan fingerprint density at radius 2 is 0.912 bits per heavy atom. The van der Waals surface area contributed by atoms with Crippen molar-refractivity contribution in [3.63, 3.8) is 0 Å². The van der Waals surface area contributed by atoms with Crippen LogP contribution in [0.4, 0.5) is 0 Å². The highest BCUT2D eigenvalue weighted by atomic mass is 15.1. The van der Waals surface area contributed by atoms with Gasteiger partial charge in [0.2, 0.25) is 0 Å².